The maximum absolute atomic E-state index is 12.3. The maximum atomic E-state index is 12.3. The van der Waals surface area contributed by atoms with Crippen LogP contribution in [0.15, 0.2) is 0 Å². The summed E-state index contributed by atoms with van der Waals surface area (Å²) in [4.78, 5) is 14.6. The zero-order valence-corrected chi connectivity index (χ0v) is 13.2. The molecule has 2 aliphatic rings. The molecule has 0 atom stereocenters. The molecular weight excluding hydrogens is 260 g/mol. The van der Waals surface area contributed by atoms with E-state index in [0.717, 1.165) is 12.5 Å². The summed E-state index contributed by atoms with van der Waals surface area (Å²) in [6.45, 7) is 3.11. The van der Waals surface area contributed by atoms with Crippen LogP contribution >= 0.6 is 12.4 Å². The highest BCUT2D eigenvalue weighted by molar-refractivity contribution is 5.85. The van der Waals surface area contributed by atoms with Crippen molar-refractivity contribution in [3.63, 3.8) is 0 Å². The van der Waals surface area contributed by atoms with Crippen molar-refractivity contribution < 1.29 is 4.79 Å². The topological polar surface area (TPSA) is 32.3 Å². The third-order valence-corrected chi connectivity index (χ3v) is 4.60. The Kier molecular flexibility index (Phi) is 7.16. The molecule has 0 radical (unpaired) electrons. The van der Waals surface area contributed by atoms with Crippen LogP contribution in [-0.4, -0.2) is 36.5 Å². The molecule has 0 aromatic carbocycles. The Hall–Kier alpha value is -0.280. The van der Waals surface area contributed by atoms with E-state index in [-0.39, 0.29) is 12.4 Å². The minimum absolute atomic E-state index is 0. The van der Waals surface area contributed by atoms with Gasteiger partial charge in [0, 0.05) is 25.0 Å². The summed E-state index contributed by atoms with van der Waals surface area (Å²) in [5.74, 6) is 1.29. The highest BCUT2D eigenvalue weighted by Gasteiger charge is 2.38. The van der Waals surface area contributed by atoms with Gasteiger partial charge in [-0.15, -0.1) is 12.4 Å². The molecule has 0 heterocycles. The maximum Gasteiger partial charge on any atom is 0.224 e. The normalized spacial score (nSPS) is 26.6. The summed E-state index contributed by atoms with van der Waals surface area (Å²) in [5, 5.41) is 3.08. The van der Waals surface area contributed by atoms with Crippen molar-refractivity contribution in [1.29, 1.82) is 0 Å². The summed E-state index contributed by atoms with van der Waals surface area (Å²) in [6.07, 6.45) is 9.57. The smallest absolute Gasteiger partial charge is 0.224 e. The van der Waals surface area contributed by atoms with Crippen LogP contribution < -0.4 is 5.32 Å². The molecule has 2 rings (SSSR count). The average Bonchev–Trinajstić information content (AvgIpc) is 3.22. The SMILES string of the molecule is CCC1CCC(N(C(=O)CCNC)C2CC2)CC1.Cl. The first-order valence-electron chi connectivity index (χ1n) is 7.72. The molecule has 0 aliphatic heterocycles. The predicted octanol–water partition coefficient (Wildman–Crippen LogP) is 2.98. The lowest BCUT2D eigenvalue weighted by atomic mass is 9.83. The summed E-state index contributed by atoms with van der Waals surface area (Å²) in [5.41, 5.74) is 0. The minimum Gasteiger partial charge on any atom is -0.337 e. The Balaban J connectivity index is 0.00000180. The van der Waals surface area contributed by atoms with Gasteiger partial charge in [-0.1, -0.05) is 13.3 Å². The van der Waals surface area contributed by atoms with Crippen LogP contribution in [0.3, 0.4) is 0 Å². The molecule has 0 spiro atoms. The fourth-order valence-corrected chi connectivity index (χ4v) is 3.25. The second-order valence-corrected chi connectivity index (χ2v) is 5.97. The molecule has 4 heteroatoms. The van der Waals surface area contributed by atoms with Gasteiger partial charge in [-0.3, -0.25) is 4.79 Å². The first-order chi connectivity index (χ1) is 8.76. The zero-order chi connectivity index (χ0) is 13.0. The van der Waals surface area contributed by atoms with Gasteiger partial charge in [0.1, 0.15) is 0 Å². The van der Waals surface area contributed by atoms with Crippen LogP contribution in [-0.2, 0) is 4.79 Å². The molecule has 2 aliphatic carbocycles. The van der Waals surface area contributed by atoms with E-state index >= 15 is 0 Å². The summed E-state index contributed by atoms with van der Waals surface area (Å²) < 4.78 is 0. The predicted molar refractivity (Wildman–Crippen MR) is 81.7 cm³/mol. The number of rotatable bonds is 6. The lowest BCUT2D eigenvalue weighted by Gasteiger charge is -2.37. The standard InChI is InChI=1S/C15H28N2O.ClH/c1-3-12-4-6-13(7-5-12)17(14-8-9-14)15(18)10-11-16-2;/h12-14,16H,3-11H2,1-2H3;1H. The van der Waals surface area contributed by atoms with Gasteiger partial charge < -0.3 is 10.2 Å². The van der Waals surface area contributed by atoms with E-state index < -0.39 is 0 Å². The number of amides is 1. The van der Waals surface area contributed by atoms with Gasteiger partial charge in [0.25, 0.3) is 0 Å². The second kappa shape index (κ2) is 8.11. The van der Waals surface area contributed by atoms with Gasteiger partial charge in [-0.2, -0.15) is 0 Å². The minimum atomic E-state index is 0. The highest BCUT2D eigenvalue weighted by Crippen LogP contribution is 2.36. The van der Waals surface area contributed by atoms with E-state index in [0.29, 0.717) is 24.4 Å². The van der Waals surface area contributed by atoms with Crippen molar-refractivity contribution in [3.05, 3.63) is 0 Å². The summed E-state index contributed by atoms with van der Waals surface area (Å²) in [7, 11) is 1.92. The molecule has 19 heavy (non-hydrogen) atoms. The third-order valence-electron chi connectivity index (χ3n) is 4.60. The van der Waals surface area contributed by atoms with E-state index in [1.807, 2.05) is 7.05 Å². The second-order valence-electron chi connectivity index (χ2n) is 5.97. The quantitative estimate of drug-likeness (QED) is 0.815. The van der Waals surface area contributed by atoms with Crippen molar-refractivity contribution in [3.8, 4) is 0 Å². The molecule has 3 nitrogen and oxygen atoms in total. The van der Waals surface area contributed by atoms with E-state index in [2.05, 4.69) is 17.1 Å². The van der Waals surface area contributed by atoms with Crippen molar-refractivity contribution in [2.24, 2.45) is 5.92 Å². The van der Waals surface area contributed by atoms with Gasteiger partial charge in [0.15, 0.2) is 0 Å². The average molecular weight is 289 g/mol. The first-order valence-corrected chi connectivity index (χ1v) is 7.72. The molecule has 0 aromatic heterocycles. The fraction of sp³-hybridized carbons (Fsp3) is 0.933. The molecule has 0 saturated heterocycles. The molecule has 0 aromatic rings. The fourth-order valence-electron chi connectivity index (χ4n) is 3.25. The van der Waals surface area contributed by atoms with Gasteiger partial charge >= 0.3 is 0 Å². The number of nitrogens with one attached hydrogen (secondary N) is 1. The molecule has 0 bridgehead atoms. The number of hydrogen-bond acceptors (Lipinski definition) is 2. The Morgan fingerprint density at radius 2 is 1.63 bits per heavy atom. The lowest BCUT2D eigenvalue weighted by Crippen LogP contribution is -2.44. The van der Waals surface area contributed by atoms with Crippen molar-refractivity contribution in [2.75, 3.05) is 13.6 Å². The Bertz CT molecular complexity index is 273. The van der Waals surface area contributed by atoms with E-state index in [4.69, 9.17) is 0 Å². The Labute approximate surface area is 123 Å². The van der Waals surface area contributed by atoms with E-state index in [1.54, 1.807) is 0 Å². The molecule has 1 N–H and O–H groups in total. The molecule has 0 unspecified atom stereocenters. The highest BCUT2D eigenvalue weighted by atomic mass is 35.5. The number of nitrogens with zero attached hydrogens (tertiary/aromatic N) is 1. The van der Waals surface area contributed by atoms with Crippen LogP contribution in [0.5, 0.6) is 0 Å². The van der Waals surface area contributed by atoms with Gasteiger partial charge in [0.2, 0.25) is 5.91 Å². The largest absolute Gasteiger partial charge is 0.337 e. The number of hydrogen-bond donors (Lipinski definition) is 1. The van der Waals surface area contributed by atoms with Crippen molar-refractivity contribution >= 4 is 18.3 Å². The zero-order valence-electron chi connectivity index (χ0n) is 12.4. The molecule has 1 amide bonds. The molecule has 2 saturated carbocycles. The summed E-state index contributed by atoms with van der Waals surface area (Å²) >= 11 is 0. The monoisotopic (exact) mass is 288 g/mol. The van der Waals surface area contributed by atoms with E-state index in [9.17, 15) is 4.79 Å². The van der Waals surface area contributed by atoms with Crippen LogP contribution in [0.25, 0.3) is 0 Å². The third kappa shape index (κ3) is 4.64. The van der Waals surface area contributed by atoms with Crippen LogP contribution in [0.2, 0.25) is 0 Å². The molecular formula is C15H29ClN2O. The van der Waals surface area contributed by atoms with Crippen LogP contribution in [0.1, 0.15) is 58.3 Å². The molecule has 2 fully saturated rings. The molecule has 112 valence electrons. The van der Waals surface area contributed by atoms with Crippen LogP contribution in [0, 0.1) is 5.92 Å². The first kappa shape index (κ1) is 16.8. The van der Waals surface area contributed by atoms with Gasteiger partial charge in [-0.25, -0.2) is 0 Å². The van der Waals surface area contributed by atoms with Crippen LogP contribution in [0.4, 0.5) is 0 Å². The Morgan fingerprint density at radius 1 is 1.11 bits per heavy atom. The number of halogens is 1. The van der Waals surface area contributed by atoms with Crippen molar-refractivity contribution in [2.45, 2.75) is 70.4 Å². The number of carbonyl (C=O) groups is 1. The summed E-state index contributed by atoms with van der Waals surface area (Å²) in [6, 6.07) is 1.13. The van der Waals surface area contributed by atoms with Crippen molar-refractivity contribution in [1.82, 2.24) is 10.2 Å². The van der Waals surface area contributed by atoms with Gasteiger partial charge in [0.05, 0.1) is 0 Å². The van der Waals surface area contributed by atoms with E-state index in [1.165, 1.54) is 44.9 Å². The Morgan fingerprint density at radius 3 is 2.05 bits per heavy atom. The van der Waals surface area contributed by atoms with Gasteiger partial charge in [-0.05, 0) is 51.5 Å². The number of carbonyl (C=O) groups excluding carboxylic acids is 1. The lowest BCUT2D eigenvalue weighted by molar-refractivity contribution is -0.135.